The van der Waals surface area contributed by atoms with Crippen molar-refractivity contribution in [2.45, 2.75) is 38.6 Å². The average molecular weight is 263 g/mol. The number of hydrogen-bond donors (Lipinski definition) is 2. The van der Waals surface area contributed by atoms with Crippen LogP contribution in [-0.2, 0) is 11.2 Å². The predicted molar refractivity (Wildman–Crippen MR) is 77.9 cm³/mol. The Labute approximate surface area is 115 Å². The zero-order valence-corrected chi connectivity index (χ0v) is 11.7. The van der Waals surface area contributed by atoms with Crippen LogP contribution in [-0.4, -0.2) is 17.7 Å². The van der Waals surface area contributed by atoms with E-state index in [-0.39, 0.29) is 17.4 Å². The minimum atomic E-state index is 0.171. The Kier molecular flexibility index (Phi) is 4.33. The first kappa shape index (κ1) is 13.5. The second kappa shape index (κ2) is 5.79. The van der Waals surface area contributed by atoms with Crippen LogP contribution in [0.1, 0.15) is 31.7 Å². The SMILES string of the molecule is CC(Cc1ccccc1)NC(=O)CC1(CS)CC1. The number of amides is 1. The van der Waals surface area contributed by atoms with E-state index in [0.717, 1.165) is 25.0 Å². The molecule has 1 amide bonds. The maximum absolute atomic E-state index is 11.9. The molecule has 1 aliphatic rings. The molecule has 1 unspecified atom stereocenters. The van der Waals surface area contributed by atoms with Crippen LogP contribution in [0.3, 0.4) is 0 Å². The third kappa shape index (κ3) is 3.77. The molecule has 0 saturated heterocycles. The molecule has 3 heteroatoms. The molecular weight excluding hydrogens is 242 g/mol. The third-order valence-electron chi connectivity index (χ3n) is 3.62. The largest absolute Gasteiger partial charge is 0.353 e. The molecule has 1 N–H and O–H groups in total. The van der Waals surface area contributed by atoms with Gasteiger partial charge in [0.25, 0.3) is 0 Å². The van der Waals surface area contributed by atoms with E-state index < -0.39 is 0 Å². The fourth-order valence-electron chi connectivity index (χ4n) is 2.25. The molecule has 0 aliphatic heterocycles. The normalized spacial score (nSPS) is 18.1. The van der Waals surface area contributed by atoms with Crippen molar-refractivity contribution in [3.8, 4) is 0 Å². The zero-order chi connectivity index (χ0) is 13.0. The summed E-state index contributed by atoms with van der Waals surface area (Å²) in [6, 6.07) is 10.5. The van der Waals surface area contributed by atoms with Gasteiger partial charge in [-0.25, -0.2) is 0 Å². The molecule has 1 aliphatic carbocycles. The Morgan fingerprint density at radius 2 is 2.06 bits per heavy atom. The molecule has 0 aromatic heterocycles. The van der Waals surface area contributed by atoms with Crippen LogP contribution in [0.4, 0.5) is 0 Å². The molecular formula is C15H21NOS. The summed E-state index contributed by atoms with van der Waals surface area (Å²) in [5.41, 5.74) is 1.47. The topological polar surface area (TPSA) is 29.1 Å². The van der Waals surface area contributed by atoms with Gasteiger partial charge < -0.3 is 5.32 Å². The second-order valence-corrected chi connectivity index (χ2v) is 5.81. The number of nitrogens with one attached hydrogen (secondary N) is 1. The maximum Gasteiger partial charge on any atom is 0.220 e. The average Bonchev–Trinajstić information content (AvgIpc) is 3.10. The van der Waals surface area contributed by atoms with Crippen LogP contribution in [0, 0.1) is 5.41 Å². The van der Waals surface area contributed by atoms with Crippen molar-refractivity contribution in [1.82, 2.24) is 5.32 Å². The van der Waals surface area contributed by atoms with Gasteiger partial charge in [-0.2, -0.15) is 12.6 Å². The Morgan fingerprint density at radius 3 is 2.61 bits per heavy atom. The summed E-state index contributed by atoms with van der Waals surface area (Å²) in [7, 11) is 0. The molecule has 0 radical (unpaired) electrons. The van der Waals surface area contributed by atoms with E-state index in [1.54, 1.807) is 0 Å². The zero-order valence-electron chi connectivity index (χ0n) is 10.9. The highest BCUT2D eigenvalue weighted by Crippen LogP contribution is 2.49. The second-order valence-electron chi connectivity index (χ2n) is 5.49. The van der Waals surface area contributed by atoms with Crippen molar-refractivity contribution in [1.29, 1.82) is 0 Å². The van der Waals surface area contributed by atoms with Gasteiger partial charge in [0.15, 0.2) is 0 Å². The number of rotatable bonds is 6. The quantitative estimate of drug-likeness (QED) is 0.759. The van der Waals surface area contributed by atoms with Gasteiger partial charge in [0, 0.05) is 12.5 Å². The fourth-order valence-corrected chi connectivity index (χ4v) is 2.68. The predicted octanol–water partition coefficient (Wildman–Crippen LogP) is 2.83. The summed E-state index contributed by atoms with van der Waals surface area (Å²) in [6.45, 7) is 2.06. The Morgan fingerprint density at radius 1 is 1.39 bits per heavy atom. The summed E-state index contributed by atoms with van der Waals surface area (Å²) in [4.78, 5) is 11.9. The lowest BCUT2D eigenvalue weighted by molar-refractivity contribution is -0.122. The molecule has 2 nitrogen and oxygen atoms in total. The molecule has 1 atom stereocenters. The third-order valence-corrected chi connectivity index (χ3v) is 4.29. The minimum absolute atomic E-state index is 0.171. The van der Waals surface area contributed by atoms with Crippen LogP contribution in [0.2, 0.25) is 0 Å². The molecule has 2 rings (SSSR count). The van der Waals surface area contributed by atoms with E-state index in [9.17, 15) is 4.79 Å². The molecule has 1 fully saturated rings. The molecule has 0 bridgehead atoms. The summed E-state index contributed by atoms with van der Waals surface area (Å²) in [5, 5.41) is 3.09. The van der Waals surface area contributed by atoms with Gasteiger partial charge in [0.2, 0.25) is 5.91 Å². The lowest BCUT2D eigenvalue weighted by Gasteiger charge is -2.17. The highest BCUT2D eigenvalue weighted by Gasteiger charge is 2.42. The van der Waals surface area contributed by atoms with Crippen molar-refractivity contribution in [2.75, 3.05) is 5.75 Å². The standard InChI is InChI=1S/C15H21NOS/c1-12(9-13-5-3-2-4-6-13)16-14(17)10-15(11-18)7-8-15/h2-6,12,18H,7-11H2,1H3,(H,16,17). The first-order chi connectivity index (χ1) is 8.63. The van der Waals surface area contributed by atoms with Crippen LogP contribution in [0.5, 0.6) is 0 Å². The van der Waals surface area contributed by atoms with Crippen molar-refractivity contribution < 1.29 is 4.79 Å². The lowest BCUT2D eigenvalue weighted by Crippen LogP contribution is -2.35. The van der Waals surface area contributed by atoms with Crippen LogP contribution in [0.25, 0.3) is 0 Å². The molecule has 1 saturated carbocycles. The molecule has 0 heterocycles. The van der Waals surface area contributed by atoms with Gasteiger partial charge in [-0.05, 0) is 42.9 Å². The summed E-state index contributed by atoms with van der Waals surface area (Å²) in [5.74, 6) is 0.998. The van der Waals surface area contributed by atoms with Crippen LogP contribution in [0.15, 0.2) is 30.3 Å². The van der Waals surface area contributed by atoms with E-state index >= 15 is 0 Å². The number of hydrogen-bond acceptors (Lipinski definition) is 2. The summed E-state index contributed by atoms with van der Waals surface area (Å²) in [6.07, 6.45) is 3.82. The van der Waals surface area contributed by atoms with Crippen molar-refractivity contribution in [3.05, 3.63) is 35.9 Å². The van der Waals surface area contributed by atoms with E-state index in [1.165, 1.54) is 5.56 Å². The monoisotopic (exact) mass is 263 g/mol. The fraction of sp³-hybridized carbons (Fsp3) is 0.533. The summed E-state index contributed by atoms with van der Waals surface area (Å²) < 4.78 is 0. The lowest BCUT2D eigenvalue weighted by atomic mass is 10.0. The molecule has 1 aromatic carbocycles. The van der Waals surface area contributed by atoms with Gasteiger partial charge in [-0.1, -0.05) is 30.3 Å². The minimum Gasteiger partial charge on any atom is -0.353 e. The van der Waals surface area contributed by atoms with E-state index in [4.69, 9.17) is 0 Å². The smallest absolute Gasteiger partial charge is 0.220 e. The Balaban J connectivity index is 1.77. The number of thiol groups is 1. The molecule has 1 aromatic rings. The highest BCUT2D eigenvalue weighted by molar-refractivity contribution is 7.80. The number of carbonyl (C=O) groups is 1. The molecule has 98 valence electrons. The van der Waals surface area contributed by atoms with Gasteiger partial charge in [0.05, 0.1) is 0 Å². The van der Waals surface area contributed by atoms with E-state index in [2.05, 4.69) is 37.0 Å². The van der Waals surface area contributed by atoms with Gasteiger partial charge in [-0.3, -0.25) is 4.79 Å². The Bertz CT molecular complexity index is 400. The van der Waals surface area contributed by atoms with Crippen molar-refractivity contribution in [3.63, 3.8) is 0 Å². The van der Waals surface area contributed by atoms with Crippen molar-refractivity contribution in [2.24, 2.45) is 5.41 Å². The maximum atomic E-state index is 11.9. The highest BCUT2D eigenvalue weighted by atomic mass is 32.1. The van der Waals surface area contributed by atoms with Gasteiger partial charge in [0.1, 0.15) is 0 Å². The first-order valence-electron chi connectivity index (χ1n) is 6.58. The van der Waals surface area contributed by atoms with Crippen LogP contribution < -0.4 is 5.32 Å². The number of benzene rings is 1. The van der Waals surface area contributed by atoms with Gasteiger partial charge in [-0.15, -0.1) is 0 Å². The Hall–Kier alpha value is -0.960. The molecule has 0 spiro atoms. The number of carbonyl (C=O) groups excluding carboxylic acids is 1. The van der Waals surface area contributed by atoms with Crippen molar-refractivity contribution >= 4 is 18.5 Å². The van der Waals surface area contributed by atoms with E-state index in [1.807, 2.05) is 18.2 Å². The molecule has 18 heavy (non-hydrogen) atoms. The van der Waals surface area contributed by atoms with E-state index in [0.29, 0.717) is 6.42 Å². The van der Waals surface area contributed by atoms with Gasteiger partial charge >= 0.3 is 0 Å². The van der Waals surface area contributed by atoms with Crippen LogP contribution >= 0.6 is 12.6 Å². The summed E-state index contributed by atoms with van der Waals surface area (Å²) >= 11 is 4.33. The first-order valence-corrected chi connectivity index (χ1v) is 7.21.